The first kappa shape index (κ1) is 27.8. The average molecular weight is 506 g/mol. The normalized spacial score (nSPS) is 23.4. The second-order valence-electron chi connectivity index (χ2n) is 6.22. The molecule has 31 heavy (non-hydrogen) atoms. The lowest BCUT2D eigenvalue weighted by molar-refractivity contribution is -0.464. The van der Waals surface area contributed by atoms with Crippen LogP contribution in [0.25, 0.3) is 0 Å². The number of alkyl halides is 17. The lowest BCUT2D eigenvalue weighted by Gasteiger charge is -2.43. The maximum Gasteiger partial charge on any atom is 0.460 e. The van der Waals surface area contributed by atoms with E-state index in [1.807, 2.05) is 0 Å². The van der Waals surface area contributed by atoms with Crippen LogP contribution < -0.4 is 0 Å². The van der Waals surface area contributed by atoms with Gasteiger partial charge in [0.25, 0.3) is 0 Å². The highest BCUT2D eigenvalue weighted by Crippen LogP contribution is 2.64. The Morgan fingerprint density at radius 1 is 0.516 bits per heavy atom. The van der Waals surface area contributed by atoms with Gasteiger partial charge in [0.15, 0.2) is 6.29 Å². The molecule has 19 heteroatoms. The Kier molecular flexibility index (Phi) is 6.37. The highest BCUT2D eigenvalue weighted by molar-refractivity contribution is 5.16. The molecule has 1 aliphatic rings. The van der Waals surface area contributed by atoms with Crippen molar-refractivity contribution in [1.29, 1.82) is 0 Å². The summed E-state index contributed by atoms with van der Waals surface area (Å²) in [7, 11) is 0. The molecule has 0 aromatic rings. The van der Waals surface area contributed by atoms with Crippen LogP contribution >= 0.6 is 0 Å². The Morgan fingerprint density at radius 3 is 1.13 bits per heavy atom. The first-order valence-electron chi connectivity index (χ1n) is 7.28. The summed E-state index contributed by atoms with van der Waals surface area (Å²) in [5, 5.41) is 8.88. The molecule has 0 radical (unpaired) electrons. The molecule has 0 spiro atoms. The molecule has 1 aliphatic heterocycles. The van der Waals surface area contributed by atoms with Gasteiger partial charge in [-0.05, 0) is 6.42 Å². The topological polar surface area (TPSA) is 29.5 Å². The molecule has 1 rings (SSSR count). The lowest BCUT2D eigenvalue weighted by atomic mass is 9.84. The molecule has 186 valence electrons. The van der Waals surface area contributed by atoms with Gasteiger partial charge in [-0.15, -0.1) is 0 Å². The van der Waals surface area contributed by atoms with E-state index in [2.05, 4.69) is 4.74 Å². The van der Waals surface area contributed by atoms with Gasteiger partial charge in [-0.2, -0.15) is 74.6 Å². The van der Waals surface area contributed by atoms with Gasteiger partial charge in [0.05, 0.1) is 12.5 Å². The summed E-state index contributed by atoms with van der Waals surface area (Å²) in [4.78, 5) is 0. The first-order valence-corrected chi connectivity index (χ1v) is 7.28. The third kappa shape index (κ3) is 3.40. The van der Waals surface area contributed by atoms with Crippen LogP contribution in [0.5, 0.6) is 0 Å². The van der Waals surface area contributed by atoms with Gasteiger partial charge in [0.2, 0.25) is 0 Å². The predicted molar refractivity (Wildman–Crippen MR) is 60.7 cm³/mol. The van der Waals surface area contributed by atoms with E-state index in [0.717, 1.165) is 0 Å². The van der Waals surface area contributed by atoms with Crippen LogP contribution in [0, 0.1) is 5.92 Å². The van der Waals surface area contributed by atoms with Crippen LogP contribution in [0.2, 0.25) is 0 Å². The molecule has 1 saturated heterocycles. The largest absolute Gasteiger partial charge is 0.460 e. The van der Waals surface area contributed by atoms with Crippen molar-refractivity contribution in [1.82, 2.24) is 0 Å². The maximum absolute atomic E-state index is 13.7. The monoisotopic (exact) mass is 506 g/mol. The summed E-state index contributed by atoms with van der Waals surface area (Å²) in [6, 6.07) is 0. The number of hydrogen-bond acceptors (Lipinski definition) is 2. The van der Waals surface area contributed by atoms with Crippen molar-refractivity contribution in [3.63, 3.8) is 0 Å². The molecular formula is C12H7F17O2. The van der Waals surface area contributed by atoms with Crippen molar-refractivity contribution in [3.8, 4) is 0 Å². The van der Waals surface area contributed by atoms with E-state index in [1.165, 1.54) is 0 Å². The minimum absolute atomic E-state index is 1.08. The van der Waals surface area contributed by atoms with Gasteiger partial charge >= 0.3 is 47.6 Å². The van der Waals surface area contributed by atoms with Gasteiger partial charge in [0.1, 0.15) is 0 Å². The Morgan fingerprint density at radius 2 is 0.839 bits per heavy atom. The molecule has 1 N–H and O–H groups in total. The second kappa shape index (κ2) is 7.11. The molecule has 2 nitrogen and oxygen atoms in total. The molecule has 1 heterocycles. The predicted octanol–water partition coefficient (Wildman–Crippen LogP) is 5.35. The molecule has 0 saturated carbocycles. The SMILES string of the molecule is OC1OCCC1C(F)(F)C(F)(F)C(F)(F)C(F)(F)C(F)(F)C(F)(F)C(F)(F)C(F)(F)F. The van der Waals surface area contributed by atoms with Crippen molar-refractivity contribution >= 4 is 0 Å². The van der Waals surface area contributed by atoms with Crippen molar-refractivity contribution in [2.45, 2.75) is 60.3 Å². The lowest BCUT2D eigenvalue weighted by Crippen LogP contribution is -2.75. The summed E-state index contributed by atoms with van der Waals surface area (Å²) in [5.74, 6) is -60.3. The fourth-order valence-corrected chi connectivity index (χ4v) is 2.34. The van der Waals surface area contributed by atoms with E-state index in [-0.39, 0.29) is 0 Å². The van der Waals surface area contributed by atoms with Gasteiger partial charge in [-0.1, -0.05) is 0 Å². The van der Waals surface area contributed by atoms with Crippen LogP contribution in [-0.2, 0) is 4.74 Å². The molecule has 2 unspecified atom stereocenters. The molecule has 0 aromatic heterocycles. The van der Waals surface area contributed by atoms with Crippen molar-refractivity contribution in [3.05, 3.63) is 0 Å². The molecule has 2 atom stereocenters. The van der Waals surface area contributed by atoms with E-state index in [1.54, 1.807) is 0 Å². The van der Waals surface area contributed by atoms with Crippen LogP contribution in [0.3, 0.4) is 0 Å². The molecule has 0 aliphatic carbocycles. The Balaban J connectivity index is 3.61. The summed E-state index contributed by atoms with van der Waals surface area (Å²) in [5.41, 5.74) is 0. The smallest absolute Gasteiger partial charge is 0.367 e. The van der Waals surface area contributed by atoms with E-state index in [0.29, 0.717) is 0 Å². The zero-order valence-corrected chi connectivity index (χ0v) is 13.8. The van der Waals surface area contributed by atoms with Crippen molar-refractivity contribution < 1.29 is 84.5 Å². The quantitative estimate of drug-likeness (QED) is 0.472. The van der Waals surface area contributed by atoms with Crippen LogP contribution in [0.1, 0.15) is 6.42 Å². The highest BCUT2D eigenvalue weighted by atomic mass is 19.4. The minimum Gasteiger partial charge on any atom is -0.367 e. The zero-order chi connectivity index (χ0) is 25.3. The number of halogens is 17. The number of hydrogen-bond donors (Lipinski definition) is 1. The Labute approximate surface area is 158 Å². The van der Waals surface area contributed by atoms with Gasteiger partial charge in [-0.25, -0.2) is 0 Å². The standard InChI is InChI=1S/C12H7F17O2/c13-5(14,3-1-2-31-4(3)30)6(15,16)7(17,18)8(19,20)9(21,22)10(23,24)11(25,26)12(27,28)29/h3-4,30H,1-2H2. The summed E-state index contributed by atoms with van der Waals surface area (Å²) in [6.07, 6.45) is -12.3. The zero-order valence-electron chi connectivity index (χ0n) is 13.8. The Bertz CT molecular complexity index is 667. The number of aliphatic hydroxyl groups is 1. The second-order valence-corrected chi connectivity index (χ2v) is 6.22. The minimum atomic E-state index is -8.66. The third-order valence-corrected chi connectivity index (χ3v) is 4.27. The number of rotatable bonds is 7. The van der Waals surface area contributed by atoms with E-state index < -0.39 is 72.9 Å². The third-order valence-electron chi connectivity index (χ3n) is 4.27. The summed E-state index contributed by atoms with van der Waals surface area (Å²) >= 11 is 0. The molecule has 1 fully saturated rings. The molecular weight excluding hydrogens is 499 g/mol. The molecule has 0 aromatic carbocycles. The van der Waals surface area contributed by atoms with Gasteiger partial charge < -0.3 is 9.84 Å². The van der Waals surface area contributed by atoms with Crippen molar-refractivity contribution in [2.24, 2.45) is 5.92 Å². The molecule has 0 bridgehead atoms. The number of ether oxygens (including phenoxy) is 1. The molecule has 0 amide bonds. The summed E-state index contributed by atoms with van der Waals surface area (Å²) in [6.45, 7) is -1.08. The maximum atomic E-state index is 13.7. The van der Waals surface area contributed by atoms with Crippen LogP contribution in [0.4, 0.5) is 74.6 Å². The Hall–Kier alpha value is -1.27. The first-order chi connectivity index (χ1) is 13.3. The van der Waals surface area contributed by atoms with E-state index in [9.17, 15) is 74.6 Å². The van der Waals surface area contributed by atoms with Gasteiger partial charge in [-0.3, -0.25) is 0 Å². The highest BCUT2D eigenvalue weighted by Gasteiger charge is 2.95. The van der Waals surface area contributed by atoms with Crippen LogP contribution in [-0.4, -0.2) is 65.6 Å². The van der Waals surface area contributed by atoms with Crippen molar-refractivity contribution in [2.75, 3.05) is 6.61 Å². The van der Waals surface area contributed by atoms with E-state index in [4.69, 9.17) is 5.11 Å². The van der Waals surface area contributed by atoms with E-state index >= 15 is 0 Å². The fourth-order valence-electron chi connectivity index (χ4n) is 2.34. The van der Waals surface area contributed by atoms with Gasteiger partial charge in [0, 0.05) is 0 Å². The fraction of sp³-hybridized carbons (Fsp3) is 1.00. The number of aliphatic hydroxyl groups excluding tert-OH is 1. The average Bonchev–Trinajstić information content (AvgIpc) is 2.99. The van der Waals surface area contributed by atoms with Crippen LogP contribution in [0.15, 0.2) is 0 Å². The summed E-state index contributed by atoms with van der Waals surface area (Å²) < 4.78 is 226.